The summed E-state index contributed by atoms with van der Waals surface area (Å²) in [6.45, 7) is 6.48. The summed E-state index contributed by atoms with van der Waals surface area (Å²) in [5.74, 6) is -0.0937. The summed E-state index contributed by atoms with van der Waals surface area (Å²) in [5.41, 5.74) is 2.08. The molecule has 0 bridgehead atoms. The van der Waals surface area contributed by atoms with E-state index >= 15 is 0 Å². The lowest BCUT2D eigenvalue weighted by Crippen LogP contribution is -2.42. The minimum atomic E-state index is -0.0826. The second-order valence-electron chi connectivity index (χ2n) is 4.03. The summed E-state index contributed by atoms with van der Waals surface area (Å²) >= 11 is 7.33. The monoisotopic (exact) mass is 275 g/mol. The second-order valence-corrected chi connectivity index (χ2v) is 5.38. The van der Waals surface area contributed by atoms with E-state index in [0.29, 0.717) is 6.61 Å². The Kier molecular flexibility index (Phi) is 5.43. The maximum absolute atomic E-state index is 12.0. The van der Waals surface area contributed by atoms with Crippen LogP contribution in [0, 0.1) is 13.8 Å². The first-order valence-corrected chi connectivity index (χ1v) is 6.86. The van der Waals surface area contributed by atoms with Gasteiger partial charge in [-0.25, -0.2) is 0 Å². The molecule has 96 valence electrons. The molecule has 0 saturated heterocycles. The van der Waals surface area contributed by atoms with Crippen LogP contribution < -0.4 is 4.90 Å². The zero-order chi connectivity index (χ0) is 13.0. The number of carbonyl (C=O) groups excluding carboxylic acids is 1. The van der Waals surface area contributed by atoms with E-state index in [1.165, 1.54) is 0 Å². The Balaban J connectivity index is 3.10. The smallest absolute Gasteiger partial charge is 0.242 e. The average molecular weight is 276 g/mol. The normalized spacial score (nSPS) is 12.5. The predicted octanol–water partition coefficient (Wildman–Crippen LogP) is 2.97. The number of aryl methyl sites for hydroxylation is 2. The van der Waals surface area contributed by atoms with E-state index in [0.717, 1.165) is 16.1 Å². The molecule has 3 nitrogen and oxygen atoms in total. The number of hydrogen-bond donors (Lipinski definition) is 0. The van der Waals surface area contributed by atoms with E-state index in [1.807, 2.05) is 20.8 Å². The van der Waals surface area contributed by atoms with Crippen LogP contribution in [0.5, 0.6) is 0 Å². The zero-order valence-electron chi connectivity index (χ0n) is 10.6. The number of alkyl halides is 1. The minimum absolute atomic E-state index is 0.0111. The Hall–Kier alpha value is -0.580. The third-order valence-electron chi connectivity index (χ3n) is 2.59. The van der Waals surface area contributed by atoms with Crippen LogP contribution in [0.4, 0.5) is 5.69 Å². The molecule has 5 heteroatoms. The van der Waals surface area contributed by atoms with Crippen molar-refractivity contribution in [1.82, 2.24) is 0 Å². The van der Waals surface area contributed by atoms with Crippen molar-refractivity contribution in [2.24, 2.45) is 0 Å². The third kappa shape index (κ3) is 3.21. The van der Waals surface area contributed by atoms with Gasteiger partial charge in [-0.2, -0.15) is 0 Å². The number of nitrogens with zero attached hydrogens (tertiary/aromatic N) is 1. The summed E-state index contributed by atoms with van der Waals surface area (Å²) < 4.78 is 5.12. The molecule has 0 aliphatic rings. The highest BCUT2D eigenvalue weighted by atomic mass is 35.5. The number of halogens is 1. The van der Waals surface area contributed by atoms with Crippen LogP contribution in [0.1, 0.15) is 17.4 Å². The van der Waals surface area contributed by atoms with Crippen molar-refractivity contribution in [1.29, 1.82) is 0 Å². The van der Waals surface area contributed by atoms with Gasteiger partial charge in [-0.15, -0.1) is 22.9 Å². The topological polar surface area (TPSA) is 29.5 Å². The highest BCUT2D eigenvalue weighted by molar-refractivity contribution is 7.10. The SMILES string of the molecule is COC[C@@H](C)N(C(=O)CCl)c1c(C)csc1C. The number of anilines is 1. The first kappa shape index (κ1) is 14.5. The van der Waals surface area contributed by atoms with E-state index in [-0.39, 0.29) is 17.8 Å². The van der Waals surface area contributed by atoms with Crippen molar-refractivity contribution in [3.63, 3.8) is 0 Å². The van der Waals surface area contributed by atoms with Gasteiger partial charge < -0.3 is 9.64 Å². The van der Waals surface area contributed by atoms with Crippen molar-refractivity contribution in [3.05, 3.63) is 15.8 Å². The number of carbonyl (C=O) groups is 1. The van der Waals surface area contributed by atoms with Crippen LogP contribution in [0.3, 0.4) is 0 Å². The number of methoxy groups -OCH3 is 1. The molecular formula is C12H18ClNO2S. The van der Waals surface area contributed by atoms with Gasteiger partial charge in [-0.1, -0.05) is 0 Å². The van der Waals surface area contributed by atoms with Crippen LogP contribution in [0.15, 0.2) is 5.38 Å². The highest BCUT2D eigenvalue weighted by Gasteiger charge is 2.24. The predicted molar refractivity (Wildman–Crippen MR) is 73.3 cm³/mol. The molecule has 0 spiro atoms. The summed E-state index contributed by atoms with van der Waals surface area (Å²) in [5, 5.41) is 2.05. The zero-order valence-corrected chi connectivity index (χ0v) is 12.2. The van der Waals surface area contributed by atoms with Crippen LogP contribution in [-0.2, 0) is 9.53 Å². The van der Waals surface area contributed by atoms with Crippen molar-refractivity contribution >= 4 is 34.5 Å². The van der Waals surface area contributed by atoms with E-state index < -0.39 is 0 Å². The van der Waals surface area contributed by atoms with E-state index in [9.17, 15) is 4.79 Å². The average Bonchev–Trinajstić information content (AvgIpc) is 2.61. The minimum Gasteiger partial charge on any atom is -0.383 e. The standard InChI is InChI=1S/C12H18ClNO2S/c1-8-7-17-10(3)12(8)14(11(15)5-13)9(2)6-16-4/h7,9H,5-6H2,1-4H3/t9-/m1/s1. The van der Waals surface area contributed by atoms with Gasteiger partial charge in [-0.05, 0) is 31.7 Å². The fourth-order valence-electron chi connectivity index (χ4n) is 1.90. The van der Waals surface area contributed by atoms with Crippen LogP contribution in [0.2, 0.25) is 0 Å². The maximum atomic E-state index is 12.0. The molecular weight excluding hydrogens is 258 g/mol. The van der Waals surface area contributed by atoms with Gasteiger partial charge in [0.2, 0.25) is 5.91 Å². The number of rotatable bonds is 5. The molecule has 0 aliphatic heterocycles. The molecule has 0 aromatic carbocycles. The Morgan fingerprint density at radius 1 is 1.59 bits per heavy atom. The van der Waals surface area contributed by atoms with E-state index in [4.69, 9.17) is 16.3 Å². The van der Waals surface area contributed by atoms with Gasteiger partial charge in [-0.3, -0.25) is 4.79 Å². The van der Waals surface area contributed by atoms with Crippen molar-refractivity contribution in [2.45, 2.75) is 26.8 Å². The van der Waals surface area contributed by atoms with Gasteiger partial charge in [0.25, 0.3) is 0 Å². The molecule has 0 aliphatic carbocycles. The van der Waals surface area contributed by atoms with Gasteiger partial charge in [0.15, 0.2) is 0 Å². The lowest BCUT2D eigenvalue weighted by atomic mass is 10.2. The van der Waals surface area contributed by atoms with Crippen LogP contribution >= 0.6 is 22.9 Å². The first-order valence-electron chi connectivity index (χ1n) is 5.44. The van der Waals surface area contributed by atoms with Crippen LogP contribution in [-0.4, -0.2) is 31.5 Å². The van der Waals surface area contributed by atoms with Crippen molar-refractivity contribution in [3.8, 4) is 0 Å². The number of amides is 1. The Bertz CT molecular complexity index is 372. The molecule has 17 heavy (non-hydrogen) atoms. The summed E-state index contributed by atoms with van der Waals surface area (Å²) in [6, 6.07) is -0.0155. The molecule has 0 N–H and O–H groups in total. The molecule has 0 radical (unpaired) electrons. The van der Waals surface area contributed by atoms with Gasteiger partial charge in [0, 0.05) is 12.0 Å². The Morgan fingerprint density at radius 3 is 2.65 bits per heavy atom. The fraction of sp³-hybridized carbons (Fsp3) is 0.583. The third-order valence-corrected chi connectivity index (χ3v) is 3.84. The highest BCUT2D eigenvalue weighted by Crippen LogP contribution is 2.32. The maximum Gasteiger partial charge on any atom is 0.242 e. The van der Waals surface area contributed by atoms with Gasteiger partial charge in [0.1, 0.15) is 5.88 Å². The number of hydrogen-bond acceptors (Lipinski definition) is 3. The molecule has 1 rings (SSSR count). The molecule has 1 aromatic heterocycles. The van der Waals surface area contributed by atoms with Crippen molar-refractivity contribution < 1.29 is 9.53 Å². The molecule has 0 saturated carbocycles. The van der Waals surface area contributed by atoms with Crippen LogP contribution in [0.25, 0.3) is 0 Å². The summed E-state index contributed by atoms with van der Waals surface area (Å²) in [7, 11) is 1.63. The van der Waals surface area contributed by atoms with Crippen molar-refractivity contribution in [2.75, 3.05) is 24.5 Å². The van der Waals surface area contributed by atoms with E-state index in [1.54, 1.807) is 23.3 Å². The second kappa shape index (κ2) is 6.38. The lowest BCUT2D eigenvalue weighted by molar-refractivity contribution is -0.116. The summed E-state index contributed by atoms with van der Waals surface area (Å²) in [6.07, 6.45) is 0. The number of ether oxygens (including phenoxy) is 1. The first-order chi connectivity index (χ1) is 8.02. The molecule has 0 fully saturated rings. The Labute approximate surface area is 111 Å². The quantitative estimate of drug-likeness (QED) is 0.773. The van der Waals surface area contributed by atoms with Gasteiger partial charge >= 0.3 is 0 Å². The fourth-order valence-corrected chi connectivity index (χ4v) is 2.86. The molecule has 0 unspecified atom stereocenters. The molecule has 1 amide bonds. The Morgan fingerprint density at radius 2 is 2.24 bits per heavy atom. The van der Waals surface area contributed by atoms with Gasteiger partial charge in [0.05, 0.1) is 18.3 Å². The lowest BCUT2D eigenvalue weighted by Gasteiger charge is -2.29. The molecule has 1 heterocycles. The number of thiophene rings is 1. The molecule has 1 atom stereocenters. The molecule has 1 aromatic rings. The summed E-state index contributed by atoms with van der Waals surface area (Å²) in [4.78, 5) is 14.9. The van der Waals surface area contributed by atoms with E-state index in [2.05, 4.69) is 5.38 Å². The largest absolute Gasteiger partial charge is 0.383 e.